The molecule has 16 unspecified atom stereocenters. The SMILES string of the molecule is CC1CC(C(C)(C)C)CC1C(c1ccccc1)C1C2C=C3C(=CC2C2C=C4C(=CC21)C(C)(C)CCC4(C)C)C(C)(C)CCC3(C)C.CCC1CC(C(C)(C)C)CC1C(c1ccccc1)C1C2C=C3C(=CC2C2C=C4C(=CC21)C(C)(C)CCC4(C)C)C(C)(C)CCC3(C)C.[CH3-].[CH3-].[CH3-].[CH3-].[Cl][Zr+2][Cl].[Cl][Zr+2][Cl]. The van der Waals surface area contributed by atoms with Crippen LogP contribution >= 0.6 is 34.1 Å². The van der Waals surface area contributed by atoms with Crippen molar-refractivity contribution in [2.45, 2.75) is 261 Å². The molecule has 8 saturated carbocycles. The first-order chi connectivity index (χ1) is 46.0. The van der Waals surface area contributed by atoms with Gasteiger partial charge in [-0.1, -0.05) is 282 Å². The Morgan fingerprint density at radius 3 is 0.777 bits per heavy atom. The van der Waals surface area contributed by atoms with E-state index in [1.165, 1.54) is 83.5 Å². The topological polar surface area (TPSA) is 0 Å². The van der Waals surface area contributed by atoms with E-state index in [4.69, 9.17) is 34.1 Å². The predicted molar refractivity (Wildman–Crippen MR) is 448 cm³/mol. The number of hydrogen-bond donors (Lipinski definition) is 0. The molecule has 0 amide bonds. The monoisotopic (exact) mass is 1630 g/mol. The molecule has 0 bridgehead atoms. The Hall–Kier alpha value is -0.714. The average Bonchev–Trinajstić information content (AvgIpc) is 1.57. The van der Waals surface area contributed by atoms with Crippen LogP contribution in [0.1, 0.15) is 273 Å². The van der Waals surface area contributed by atoms with Crippen LogP contribution in [0.25, 0.3) is 0 Å². The van der Waals surface area contributed by atoms with Gasteiger partial charge in [0.2, 0.25) is 0 Å². The van der Waals surface area contributed by atoms with E-state index in [1.54, 1.807) is 55.7 Å². The Kier molecular flexibility index (Phi) is 28.5. The molecule has 8 fully saturated rings. The summed E-state index contributed by atoms with van der Waals surface area (Å²) in [7, 11) is 19.7. The number of allylic oxidation sites excluding steroid dienone is 16. The van der Waals surface area contributed by atoms with Gasteiger partial charge in [-0.05, 0) is 293 Å². The van der Waals surface area contributed by atoms with Crippen molar-refractivity contribution in [3.05, 3.63) is 195 Å². The summed E-state index contributed by atoms with van der Waals surface area (Å²) in [6, 6.07) is 23.9. The Bertz CT molecular complexity index is 3350. The van der Waals surface area contributed by atoms with Crippen molar-refractivity contribution in [1.29, 1.82) is 0 Å². The van der Waals surface area contributed by atoms with E-state index >= 15 is 0 Å². The molecule has 0 nitrogen and oxygen atoms in total. The van der Waals surface area contributed by atoms with E-state index in [9.17, 15) is 0 Å². The van der Waals surface area contributed by atoms with Crippen molar-refractivity contribution < 1.29 is 41.7 Å². The van der Waals surface area contributed by atoms with Gasteiger partial charge in [-0.15, -0.1) is 0 Å². The fourth-order valence-electron chi connectivity index (χ4n) is 24.0. The first kappa shape index (κ1) is 89.5. The van der Waals surface area contributed by atoms with Gasteiger partial charge in [-0.3, -0.25) is 0 Å². The number of halogens is 4. The molecule has 14 rings (SSSR count). The molecule has 0 aromatic heterocycles. The van der Waals surface area contributed by atoms with Crippen LogP contribution in [-0.4, -0.2) is 0 Å². The predicted octanol–water partition coefficient (Wildman–Crippen LogP) is 30.9. The third-order valence-corrected chi connectivity index (χ3v) is 30.6. The van der Waals surface area contributed by atoms with Crippen LogP contribution in [0.4, 0.5) is 0 Å². The fraction of sp³-hybridized carbons (Fsp3) is 0.670. The zero-order valence-corrected chi connectivity index (χ0v) is 78.4. The maximum absolute atomic E-state index is 4.93. The van der Waals surface area contributed by atoms with Crippen molar-refractivity contribution in [1.82, 2.24) is 0 Å². The van der Waals surface area contributed by atoms with Gasteiger partial charge in [0.05, 0.1) is 0 Å². The quantitative estimate of drug-likeness (QED) is 0.242. The summed E-state index contributed by atoms with van der Waals surface area (Å²) < 4.78 is 0. The van der Waals surface area contributed by atoms with Crippen molar-refractivity contribution >= 4 is 34.1 Å². The van der Waals surface area contributed by atoms with Crippen molar-refractivity contribution in [3.8, 4) is 0 Å². The second-order valence-corrected chi connectivity index (χ2v) is 49.5. The van der Waals surface area contributed by atoms with Crippen LogP contribution in [-0.2, 0) is 41.7 Å². The molecule has 103 heavy (non-hydrogen) atoms. The number of rotatable bonds is 7. The van der Waals surface area contributed by atoms with Gasteiger partial charge in [0, 0.05) is 0 Å². The van der Waals surface area contributed by atoms with E-state index in [0.717, 1.165) is 35.5 Å². The molecular formula is C97H146Cl4Zr2. The van der Waals surface area contributed by atoms with Gasteiger partial charge in [-0.25, -0.2) is 0 Å². The van der Waals surface area contributed by atoms with Gasteiger partial charge < -0.3 is 29.7 Å². The molecule has 0 N–H and O–H groups in total. The third-order valence-electron chi connectivity index (χ3n) is 30.6. The standard InChI is InChI=1S/C47H68.C46H66.4CH3.4ClH.2Zr/c1-13-29-23-31(43(2,3)4)24-32(29)41(30-17-15-14-16-18-30)42-35-27-39-37(44(5,6)19-21-46(39,9)10)25-33(35)34-26-38-40(28-36(34)42)47(11,12)22-20-45(38,7)8;1-28-22-30(42(2,3)4)23-31(28)40(29-16-14-13-15-17-29)41-34-26-38-36(43(5,6)18-20-45(38,9)10)24-32(34)33-25-37-39(27-35(33)41)46(11,12)21-19-44(37,7)8;;;;;;;;;;/h14-18,25-29,31-36,41-42H,13,19-24H2,1-12H3;13-17,24-28,30-35,40-41H,18-23H2,1-12H3;4*1H3;4*1H;;/q;;4*-1;;;;;2*+4/p-4. The molecule has 6 heteroatoms. The molecule has 0 aliphatic heterocycles. The van der Waals surface area contributed by atoms with Crippen LogP contribution in [0.2, 0.25) is 0 Å². The van der Waals surface area contributed by atoms with Gasteiger partial charge >= 0.3 is 75.7 Å². The summed E-state index contributed by atoms with van der Waals surface area (Å²) >= 11 is -1.65. The second-order valence-electron chi connectivity index (χ2n) is 42.0. The number of hydrogen-bond acceptors (Lipinski definition) is 0. The summed E-state index contributed by atoms with van der Waals surface area (Å²) in [6.45, 7) is 60.9. The van der Waals surface area contributed by atoms with Gasteiger partial charge in [-0.2, -0.15) is 0 Å². The average molecular weight is 1640 g/mol. The zero-order valence-electron chi connectivity index (χ0n) is 70.5. The maximum atomic E-state index is 4.93. The first-order valence-electron chi connectivity index (χ1n) is 39.8. The van der Waals surface area contributed by atoms with E-state index < -0.39 is 41.7 Å². The molecule has 12 aliphatic rings. The Morgan fingerprint density at radius 1 is 0.340 bits per heavy atom. The summed E-state index contributed by atoms with van der Waals surface area (Å²) in [6.07, 6.45) is 40.5. The normalized spacial score (nSPS) is 35.2. The Balaban J connectivity index is 0.000000259. The van der Waals surface area contributed by atoms with E-state index in [2.05, 4.69) is 275 Å². The van der Waals surface area contributed by atoms with Gasteiger partial charge in [0.15, 0.2) is 0 Å². The van der Waals surface area contributed by atoms with Crippen molar-refractivity contribution in [3.63, 3.8) is 0 Å². The number of benzene rings is 2. The molecule has 570 valence electrons. The van der Waals surface area contributed by atoms with E-state index in [-0.39, 0.29) is 73.0 Å². The molecule has 0 heterocycles. The Morgan fingerprint density at radius 2 is 0.553 bits per heavy atom. The van der Waals surface area contributed by atoms with Crippen molar-refractivity contribution in [2.75, 3.05) is 0 Å². The minimum atomic E-state index is -0.826. The summed E-state index contributed by atoms with van der Waals surface area (Å²) in [4.78, 5) is 0. The Labute approximate surface area is 674 Å². The molecule has 2 aromatic carbocycles. The first-order valence-corrected chi connectivity index (χ1v) is 52.5. The van der Waals surface area contributed by atoms with Crippen LogP contribution in [0, 0.1) is 179 Å². The zero-order chi connectivity index (χ0) is 72.5. The van der Waals surface area contributed by atoms with Gasteiger partial charge in [0.25, 0.3) is 0 Å². The summed E-state index contributed by atoms with van der Waals surface area (Å²) in [5, 5.41) is 0. The molecular weight excluding hydrogens is 1490 g/mol. The number of fused-ring (bicyclic) bond motifs is 10. The van der Waals surface area contributed by atoms with Gasteiger partial charge in [0.1, 0.15) is 0 Å². The molecule has 2 aromatic rings. The van der Waals surface area contributed by atoms with Crippen LogP contribution < -0.4 is 0 Å². The minimum absolute atomic E-state index is 0. The fourth-order valence-corrected chi connectivity index (χ4v) is 24.0. The van der Waals surface area contributed by atoms with Crippen LogP contribution in [0.3, 0.4) is 0 Å². The molecule has 16 atom stereocenters. The van der Waals surface area contributed by atoms with Crippen LogP contribution in [0.15, 0.2) is 154 Å². The van der Waals surface area contributed by atoms with E-state index in [0.29, 0.717) is 81.8 Å². The molecule has 0 saturated heterocycles. The summed E-state index contributed by atoms with van der Waals surface area (Å²) in [5.74, 6) is 11.8. The van der Waals surface area contributed by atoms with Crippen molar-refractivity contribution in [2.24, 2.45) is 149 Å². The summed E-state index contributed by atoms with van der Waals surface area (Å²) in [5.41, 5.74) is 19.6. The third kappa shape index (κ3) is 17.1. The van der Waals surface area contributed by atoms with E-state index in [1.807, 2.05) is 0 Å². The molecule has 12 aliphatic carbocycles. The second kappa shape index (κ2) is 32.8. The van der Waals surface area contributed by atoms with Crippen LogP contribution in [0.5, 0.6) is 0 Å². The molecule has 0 spiro atoms. The molecule has 0 radical (unpaired) electrons.